The number of methoxy groups -OCH3 is 1. The average molecular weight is 256 g/mol. The lowest BCUT2D eigenvalue weighted by Gasteiger charge is -2.16. The maximum atomic E-state index is 6.31. The highest BCUT2D eigenvalue weighted by Gasteiger charge is 2.11. The summed E-state index contributed by atoms with van der Waals surface area (Å²) in [6.07, 6.45) is 2.60. The number of ether oxygens (including phenoxy) is 1. The van der Waals surface area contributed by atoms with E-state index in [-0.39, 0.29) is 6.04 Å². The monoisotopic (exact) mass is 256 g/mol. The summed E-state index contributed by atoms with van der Waals surface area (Å²) < 4.78 is 5.05. The Labute approximate surface area is 114 Å². The lowest BCUT2D eigenvalue weighted by molar-refractivity contribution is 0.397. The molecule has 0 aliphatic rings. The SMILES string of the molecule is COc1ccc(CC(N)c2cccc(C)c2C)cn1. The van der Waals surface area contributed by atoms with Crippen LogP contribution in [-0.2, 0) is 6.42 Å². The Bertz CT molecular complexity index is 549. The molecule has 1 aromatic heterocycles. The number of nitrogens with zero attached hydrogens (tertiary/aromatic N) is 1. The molecule has 1 heterocycles. The van der Waals surface area contributed by atoms with Gasteiger partial charge >= 0.3 is 0 Å². The third kappa shape index (κ3) is 3.12. The number of aromatic nitrogens is 1. The van der Waals surface area contributed by atoms with Gasteiger partial charge in [-0.15, -0.1) is 0 Å². The summed E-state index contributed by atoms with van der Waals surface area (Å²) in [5.74, 6) is 0.629. The number of aryl methyl sites for hydroxylation is 1. The Morgan fingerprint density at radius 2 is 2.00 bits per heavy atom. The van der Waals surface area contributed by atoms with Gasteiger partial charge in [-0.05, 0) is 42.5 Å². The molecule has 0 bridgehead atoms. The molecule has 3 nitrogen and oxygen atoms in total. The van der Waals surface area contributed by atoms with Crippen molar-refractivity contribution in [2.24, 2.45) is 5.73 Å². The number of hydrogen-bond donors (Lipinski definition) is 1. The van der Waals surface area contributed by atoms with Gasteiger partial charge < -0.3 is 10.5 Å². The zero-order valence-electron chi connectivity index (χ0n) is 11.7. The van der Waals surface area contributed by atoms with Crippen LogP contribution in [0.15, 0.2) is 36.5 Å². The second-order valence-corrected chi connectivity index (χ2v) is 4.81. The number of pyridine rings is 1. The zero-order chi connectivity index (χ0) is 13.8. The van der Waals surface area contributed by atoms with Crippen molar-refractivity contribution in [3.8, 4) is 5.88 Å². The van der Waals surface area contributed by atoms with Gasteiger partial charge in [-0.2, -0.15) is 0 Å². The van der Waals surface area contributed by atoms with E-state index in [9.17, 15) is 0 Å². The second kappa shape index (κ2) is 5.85. The van der Waals surface area contributed by atoms with Gasteiger partial charge in [0.05, 0.1) is 7.11 Å². The van der Waals surface area contributed by atoms with Gasteiger partial charge in [0.1, 0.15) is 0 Å². The molecule has 0 radical (unpaired) electrons. The fraction of sp³-hybridized carbons (Fsp3) is 0.312. The van der Waals surface area contributed by atoms with Gasteiger partial charge in [0, 0.05) is 18.3 Å². The summed E-state index contributed by atoms with van der Waals surface area (Å²) in [6, 6.07) is 10.1. The van der Waals surface area contributed by atoms with Gasteiger partial charge in [0.2, 0.25) is 5.88 Å². The topological polar surface area (TPSA) is 48.1 Å². The molecule has 0 aliphatic heterocycles. The zero-order valence-corrected chi connectivity index (χ0v) is 11.7. The van der Waals surface area contributed by atoms with Crippen molar-refractivity contribution in [3.63, 3.8) is 0 Å². The fourth-order valence-corrected chi connectivity index (χ4v) is 2.19. The fourth-order valence-electron chi connectivity index (χ4n) is 2.19. The second-order valence-electron chi connectivity index (χ2n) is 4.81. The highest BCUT2D eigenvalue weighted by Crippen LogP contribution is 2.22. The van der Waals surface area contributed by atoms with Crippen molar-refractivity contribution < 1.29 is 4.74 Å². The molecular formula is C16H20N2O. The summed E-state index contributed by atoms with van der Waals surface area (Å²) in [5.41, 5.74) is 11.2. The molecule has 2 aromatic rings. The van der Waals surface area contributed by atoms with Crippen LogP contribution >= 0.6 is 0 Å². The van der Waals surface area contributed by atoms with Gasteiger partial charge in [0.15, 0.2) is 0 Å². The third-order valence-electron chi connectivity index (χ3n) is 3.51. The molecule has 0 amide bonds. The van der Waals surface area contributed by atoms with Crippen LogP contribution in [0.2, 0.25) is 0 Å². The predicted molar refractivity (Wildman–Crippen MR) is 77.3 cm³/mol. The lowest BCUT2D eigenvalue weighted by atomic mass is 9.94. The van der Waals surface area contributed by atoms with Crippen LogP contribution in [0.5, 0.6) is 5.88 Å². The summed E-state index contributed by atoms with van der Waals surface area (Å²) in [4.78, 5) is 4.21. The minimum atomic E-state index is -0.00454. The smallest absolute Gasteiger partial charge is 0.212 e. The first kappa shape index (κ1) is 13.6. The van der Waals surface area contributed by atoms with Gasteiger partial charge in [-0.25, -0.2) is 4.98 Å². The van der Waals surface area contributed by atoms with Crippen LogP contribution in [0.3, 0.4) is 0 Å². The molecule has 1 aromatic carbocycles. The molecule has 19 heavy (non-hydrogen) atoms. The molecule has 3 heteroatoms. The van der Waals surface area contributed by atoms with Crippen LogP contribution in [0.25, 0.3) is 0 Å². The van der Waals surface area contributed by atoms with E-state index in [1.165, 1.54) is 16.7 Å². The van der Waals surface area contributed by atoms with Gasteiger partial charge in [0.25, 0.3) is 0 Å². The highest BCUT2D eigenvalue weighted by atomic mass is 16.5. The van der Waals surface area contributed by atoms with Crippen LogP contribution in [0, 0.1) is 13.8 Å². The highest BCUT2D eigenvalue weighted by molar-refractivity contribution is 5.36. The van der Waals surface area contributed by atoms with E-state index in [4.69, 9.17) is 10.5 Å². The third-order valence-corrected chi connectivity index (χ3v) is 3.51. The standard InChI is InChI=1S/C16H20N2O/c1-11-5-4-6-14(12(11)2)15(17)9-13-7-8-16(19-3)18-10-13/h4-8,10,15H,9,17H2,1-3H3. The summed E-state index contributed by atoms with van der Waals surface area (Å²) >= 11 is 0. The molecule has 0 saturated carbocycles. The van der Waals surface area contributed by atoms with Crippen LogP contribution in [0.1, 0.15) is 28.3 Å². The van der Waals surface area contributed by atoms with Crippen molar-refractivity contribution in [2.45, 2.75) is 26.3 Å². The average Bonchev–Trinajstić information content (AvgIpc) is 2.42. The molecular weight excluding hydrogens is 236 g/mol. The molecule has 1 unspecified atom stereocenters. The van der Waals surface area contributed by atoms with E-state index in [2.05, 4.69) is 37.0 Å². The molecule has 2 N–H and O–H groups in total. The maximum Gasteiger partial charge on any atom is 0.212 e. The largest absolute Gasteiger partial charge is 0.481 e. The maximum absolute atomic E-state index is 6.31. The molecule has 0 saturated heterocycles. The molecule has 2 rings (SSSR count). The van der Waals surface area contributed by atoms with E-state index in [0.717, 1.165) is 12.0 Å². The first-order valence-corrected chi connectivity index (χ1v) is 6.42. The van der Waals surface area contributed by atoms with Crippen LogP contribution in [-0.4, -0.2) is 12.1 Å². The van der Waals surface area contributed by atoms with Crippen molar-refractivity contribution in [1.82, 2.24) is 4.98 Å². The minimum Gasteiger partial charge on any atom is -0.481 e. The Morgan fingerprint density at radius 3 is 2.63 bits per heavy atom. The molecule has 0 aliphatic carbocycles. The summed E-state index contributed by atoms with van der Waals surface area (Å²) in [7, 11) is 1.61. The van der Waals surface area contributed by atoms with Crippen molar-refractivity contribution in [2.75, 3.05) is 7.11 Å². The van der Waals surface area contributed by atoms with Crippen molar-refractivity contribution >= 4 is 0 Å². The first-order chi connectivity index (χ1) is 9.11. The summed E-state index contributed by atoms with van der Waals surface area (Å²) in [5, 5.41) is 0. The number of benzene rings is 1. The molecule has 1 atom stereocenters. The Kier molecular flexibility index (Phi) is 4.17. The summed E-state index contributed by atoms with van der Waals surface area (Å²) in [6.45, 7) is 4.23. The number of nitrogens with two attached hydrogens (primary N) is 1. The normalized spacial score (nSPS) is 12.2. The molecule has 0 fully saturated rings. The van der Waals surface area contributed by atoms with E-state index in [1.54, 1.807) is 7.11 Å². The van der Waals surface area contributed by atoms with Crippen LogP contribution < -0.4 is 10.5 Å². The number of rotatable bonds is 4. The Morgan fingerprint density at radius 1 is 1.21 bits per heavy atom. The molecule has 100 valence electrons. The Hall–Kier alpha value is -1.87. The van der Waals surface area contributed by atoms with Gasteiger partial charge in [-0.1, -0.05) is 24.3 Å². The quantitative estimate of drug-likeness (QED) is 0.915. The molecule has 0 spiro atoms. The van der Waals surface area contributed by atoms with Crippen LogP contribution in [0.4, 0.5) is 0 Å². The minimum absolute atomic E-state index is 0.00454. The lowest BCUT2D eigenvalue weighted by Crippen LogP contribution is -2.15. The van der Waals surface area contributed by atoms with E-state index < -0.39 is 0 Å². The van der Waals surface area contributed by atoms with Crippen molar-refractivity contribution in [1.29, 1.82) is 0 Å². The van der Waals surface area contributed by atoms with E-state index in [0.29, 0.717) is 5.88 Å². The predicted octanol–water partition coefficient (Wildman–Crippen LogP) is 2.95. The first-order valence-electron chi connectivity index (χ1n) is 6.42. The number of hydrogen-bond acceptors (Lipinski definition) is 3. The van der Waals surface area contributed by atoms with Crippen molar-refractivity contribution in [3.05, 3.63) is 58.8 Å². The Balaban J connectivity index is 2.15. The van der Waals surface area contributed by atoms with E-state index in [1.807, 2.05) is 18.3 Å². The van der Waals surface area contributed by atoms with Gasteiger partial charge in [-0.3, -0.25) is 0 Å². The van der Waals surface area contributed by atoms with E-state index >= 15 is 0 Å².